The molecular weight excluding hydrogens is 355 g/mol. The van der Waals surface area contributed by atoms with Crippen LogP contribution in [0.25, 0.3) is 0 Å². The van der Waals surface area contributed by atoms with Crippen LogP contribution in [0.1, 0.15) is 18.1 Å². The quantitative estimate of drug-likeness (QED) is 0.737. The summed E-state index contributed by atoms with van der Waals surface area (Å²) in [7, 11) is 1.78. The summed E-state index contributed by atoms with van der Waals surface area (Å²) in [5.74, 6) is -0.744. The van der Waals surface area contributed by atoms with Crippen LogP contribution in [-0.2, 0) is 22.6 Å². The largest absolute Gasteiger partial charge is 0.341 e. The first kappa shape index (κ1) is 20.1. The van der Waals surface area contributed by atoms with Gasteiger partial charge >= 0.3 is 0 Å². The highest BCUT2D eigenvalue weighted by Crippen LogP contribution is 2.17. The van der Waals surface area contributed by atoms with Crippen molar-refractivity contribution in [3.05, 3.63) is 70.5 Å². The van der Waals surface area contributed by atoms with Gasteiger partial charge in [0, 0.05) is 0 Å². The number of Topliss-reactive ketones (excluding diaryl/α,β-unsaturated/α-hetero) is 1. The molecule has 1 unspecified atom stereocenters. The third-order valence-electron chi connectivity index (χ3n) is 4.11. The molecule has 2 aromatic rings. The van der Waals surface area contributed by atoms with Crippen molar-refractivity contribution in [1.29, 1.82) is 0 Å². The van der Waals surface area contributed by atoms with Gasteiger partial charge in [-0.1, -0.05) is 48.0 Å². The van der Waals surface area contributed by atoms with E-state index in [1.165, 1.54) is 13.0 Å². The molecule has 0 heterocycles. The van der Waals surface area contributed by atoms with Crippen LogP contribution >= 0.6 is 11.6 Å². The van der Waals surface area contributed by atoms with E-state index >= 15 is 0 Å². The lowest BCUT2D eigenvalue weighted by molar-refractivity contribution is -0.885. The van der Waals surface area contributed by atoms with Gasteiger partial charge in [0.1, 0.15) is 12.4 Å². The Morgan fingerprint density at radius 1 is 1.15 bits per heavy atom. The molecule has 138 valence electrons. The lowest BCUT2D eigenvalue weighted by Crippen LogP contribution is -3.09. The average molecular weight is 378 g/mol. The molecule has 2 rings (SSSR count). The van der Waals surface area contributed by atoms with Gasteiger partial charge in [-0.2, -0.15) is 0 Å². The van der Waals surface area contributed by atoms with Crippen molar-refractivity contribution in [1.82, 2.24) is 5.32 Å². The van der Waals surface area contributed by atoms with Crippen molar-refractivity contribution in [3.8, 4) is 0 Å². The van der Waals surface area contributed by atoms with E-state index < -0.39 is 6.04 Å². The Labute approximate surface area is 158 Å². The molecule has 2 atom stereocenters. The number of carbonyl (C=O) groups is 2. The molecule has 0 fully saturated rings. The fourth-order valence-electron chi connectivity index (χ4n) is 2.73. The van der Waals surface area contributed by atoms with Crippen molar-refractivity contribution in [2.45, 2.75) is 25.9 Å². The number of quaternary nitrogens is 1. The molecular formula is C20H23ClFN2O2+. The van der Waals surface area contributed by atoms with Crippen molar-refractivity contribution < 1.29 is 18.9 Å². The summed E-state index contributed by atoms with van der Waals surface area (Å²) in [4.78, 5) is 24.9. The number of hydrogen-bond donors (Lipinski definition) is 2. The first-order valence-electron chi connectivity index (χ1n) is 8.44. The van der Waals surface area contributed by atoms with Gasteiger partial charge in [-0.25, -0.2) is 4.39 Å². The van der Waals surface area contributed by atoms with Crippen molar-refractivity contribution >= 4 is 23.3 Å². The van der Waals surface area contributed by atoms with Gasteiger partial charge in [-0.15, -0.1) is 0 Å². The number of rotatable bonds is 8. The van der Waals surface area contributed by atoms with Crippen LogP contribution in [0.3, 0.4) is 0 Å². The van der Waals surface area contributed by atoms with E-state index in [9.17, 15) is 14.0 Å². The second-order valence-electron chi connectivity index (χ2n) is 6.43. The zero-order valence-corrected chi connectivity index (χ0v) is 15.6. The minimum atomic E-state index is -0.574. The number of amides is 1. The molecule has 0 saturated carbocycles. The molecule has 4 nitrogen and oxygen atoms in total. The molecule has 0 bridgehead atoms. The van der Waals surface area contributed by atoms with E-state index in [1.807, 2.05) is 30.3 Å². The molecule has 0 aromatic heterocycles. The van der Waals surface area contributed by atoms with Gasteiger partial charge < -0.3 is 10.2 Å². The Morgan fingerprint density at radius 2 is 1.85 bits per heavy atom. The van der Waals surface area contributed by atoms with Crippen LogP contribution in [0.2, 0.25) is 5.02 Å². The third kappa shape index (κ3) is 5.93. The Balaban J connectivity index is 1.94. The van der Waals surface area contributed by atoms with Gasteiger partial charge in [0.2, 0.25) is 0 Å². The first-order chi connectivity index (χ1) is 12.4. The van der Waals surface area contributed by atoms with Crippen LogP contribution < -0.4 is 10.2 Å². The fourth-order valence-corrected chi connectivity index (χ4v) is 2.96. The van der Waals surface area contributed by atoms with Gasteiger partial charge in [-0.05, 0) is 31.0 Å². The van der Waals surface area contributed by atoms with Crippen LogP contribution in [0.5, 0.6) is 0 Å². The van der Waals surface area contributed by atoms with E-state index in [0.29, 0.717) is 17.0 Å². The third-order valence-corrected chi connectivity index (χ3v) is 4.47. The highest BCUT2D eigenvalue weighted by Gasteiger charge is 2.21. The smallest absolute Gasteiger partial charge is 0.275 e. The Morgan fingerprint density at radius 3 is 2.46 bits per heavy atom. The Hall–Kier alpha value is -2.24. The maximum absolute atomic E-state index is 13.9. The molecule has 26 heavy (non-hydrogen) atoms. The highest BCUT2D eigenvalue weighted by molar-refractivity contribution is 6.31. The number of hydrogen-bond acceptors (Lipinski definition) is 2. The summed E-state index contributed by atoms with van der Waals surface area (Å²) < 4.78 is 13.9. The number of nitrogens with one attached hydrogen (secondary N) is 2. The SMILES string of the molecule is CC(=O)[C@@H](Cc1ccccc1)NC(=O)C[NH+](C)Cc1c(F)cccc1Cl. The minimum Gasteiger partial charge on any atom is -0.341 e. The predicted octanol–water partition coefficient (Wildman–Crippen LogP) is 1.81. The maximum atomic E-state index is 13.9. The molecule has 0 aliphatic heterocycles. The molecule has 0 saturated heterocycles. The molecule has 2 N–H and O–H groups in total. The van der Waals surface area contributed by atoms with Gasteiger partial charge in [0.25, 0.3) is 5.91 Å². The van der Waals surface area contributed by atoms with E-state index in [0.717, 1.165) is 10.5 Å². The molecule has 0 spiro atoms. The summed E-state index contributed by atoms with van der Waals surface area (Å²) in [5.41, 5.74) is 1.36. The highest BCUT2D eigenvalue weighted by atomic mass is 35.5. The van der Waals surface area contributed by atoms with Gasteiger partial charge in [0.15, 0.2) is 12.3 Å². The van der Waals surface area contributed by atoms with E-state index in [-0.39, 0.29) is 30.6 Å². The second-order valence-corrected chi connectivity index (χ2v) is 6.84. The van der Waals surface area contributed by atoms with Crippen LogP contribution in [0.4, 0.5) is 4.39 Å². The van der Waals surface area contributed by atoms with Crippen LogP contribution in [0, 0.1) is 5.82 Å². The molecule has 6 heteroatoms. The molecule has 0 radical (unpaired) electrons. The standard InChI is InChI=1S/C20H22ClFN2O2/c1-14(25)19(11-15-7-4-3-5-8-15)23-20(26)13-24(2)12-16-17(21)9-6-10-18(16)22/h3-10,19H,11-13H2,1-2H3,(H,23,26)/p+1/t19-/m1/s1. The zero-order valence-electron chi connectivity index (χ0n) is 14.9. The van der Waals surface area contributed by atoms with Crippen LogP contribution in [0.15, 0.2) is 48.5 Å². The number of ketones is 1. The molecule has 1 amide bonds. The van der Waals surface area contributed by atoms with Crippen molar-refractivity contribution in [3.63, 3.8) is 0 Å². The van der Waals surface area contributed by atoms with Gasteiger partial charge in [0.05, 0.1) is 23.7 Å². The number of likely N-dealkylation sites (N-methyl/N-ethyl adjacent to an activating group) is 1. The van der Waals surface area contributed by atoms with Crippen molar-refractivity contribution in [2.75, 3.05) is 13.6 Å². The summed E-state index contributed by atoms with van der Waals surface area (Å²) in [5, 5.41) is 3.12. The number of carbonyl (C=O) groups excluding carboxylic acids is 2. The predicted molar refractivity (Wildman–Crippen MR) is 99.6 cm³/mol. The summed E-state index contributed by atoms with van der Waals surface area (Å²) in [6.07, 6.45) is 0.445. The molecule has 0 aliphatic rings. The number of halogens is 2. The lowest BCUT2D eigenvalue weighted by atomic mass is 10.0. The fraction of sp³-hybridized carbons (Fsp3) is 0.300. The monoisotopic (exact) mass is 377 g/mol. The maximum Gasteiger partial charge on any atom is 0.275 e. The van der Waals surface area contributed by atoms with E-state index in [4.69, 9.17) is 11.6 Å². The van der Waals surface area contributed by atoms with Crippen molar-refractivity contribution in [2.24, 2.45) is 0 Å². The second kappa shape index (κ2) is 9.46. The van der Waals surface area contributed by atoms with E-state index in [1.54, 1.807) is 19.2 Å². The average Bonchev–Trinajstić information content (AvgIpc) is 2.58. The zero-order chi connectivity index (χ0) is 19.1. The summed E-state index contributed by atoms with van der Waals surface area (Å²) >= 11 is 6.03. The summed E-state index contributed by atoms with van der Waals surface area (Å²) in [6, 6.07) is 13.5. The summed E-state index contributed by atoms with van der Waals surface area (Å²) in [6.45, 7) is 1.86. The van der Waals surface area contributed by atoms with Crippen LogP contribution in [-0.4, -0.2) is 31.3 Å². The minimum absolute atomic E-state index is 0.1000. The normalized spacial score (nSPS) is 13.1. The lowest BCUT2D eigenvalue weighted by Gasteiger charge is -2.19. The topological polar surface area (TPSA) is 50.6 Å². The van der Waals surface area contributed by atoms with E-state index in [2.05, 4.69) is 5.32 Å². The van der Waals surface area contributed by atoms with Gasteiger partial charge in [-0.3, -0.25) is 9.59 Å². The molecule has 2 aromatic carbocycles. The Kier molecular flexibility index (Phi) is 7.30. The number of benzene rings is 2. The Bertz CT molecular complexity index is 747. The first-order valence-corrected chi connectivity index (χ1v) is 8.82. The molecule has 0 aliphatic carbocycles.